The average Bonchev–Trinajstić information content (AvgIpc) is 3.42. The molecule has 0 saturated heterocycles. The Kier molecular flexibility index (Phi) is 11.2. The Hall–Kier alpha value is -4.81. The number of nitrogens with one attached hydrogen (secondary N) is 3. The van der Waals surface area contributed by atoms with Crippen LogP contribution in [0.5, 0.6) is 0 Å². The first-order valence-electron chi connectivity index (χ1n) is 14.6. The molecule has 4 N–H and O–H groups in total. The van der Waals surface area contributed by atoms with Crippen molar-refractivity contribution in [3.8, 4) is 11.1 Å². The number of unbranched alkanes of at least 4 members (excludes halogenated alkanes) is 1. The van der Waals surface area contributed by atoms with Crippen LogP contribution in [0, 0.1) is 0 Å². The van der Waals surface area contributed by atoms with Gasteiger partial charge < -0.3 is 9.88 Å². The molecule has 45 heavy (non-hydrogen) atoms. The Morgan fingerprint density at radius 3 is 2.29 bits per heavy atom. The van der Waals surface area contributed by atoms with Gasteiger partial charge in [-0.1, -0.05) is 86.1 Å². The van der Waals surface area contributed by atoms with E-state index in [4.69, 9.17) is 5.21 Å². The number of sulfonamides is 1. The van der Waals surface area contributed by atoms with Gasteiger partial charge >= 0.3 is 0 Å². The number of carbonyl (C=O) groups excluding carboxylic acids is 3. The minimum absolute atomic E-state index is 0.0108. The molecule has 236 valence electrons. The number of nitrogens with zero attached hydrogens (tertiary/aromatic N) is 2. The highest BCUT2D eigenvalue weighted by atomic mass is 32.2. The molecule has 0 aliphatic carbocycles. The number of imidazole rings is 1. The van der Waals surface area contributed by atoms with Gasteiger partial charge in [-0.05, 0) is 35.6 Å². The highest BCUT2D eigenvalue weighted by Crippen LogP contribution is 2.28. The summed E-state index contributed by atoms with van der Waals surface area (Å²) in [6, 6.07) is 22.6. The molecule has 0 bridgehead atoms. The molecular weight excluding hydrogens is 594 g/mol. The second kappa shape index (κ2) is 15.3. The molecule has 0 aliphatic heterocycles. The molecule has 1 heterocycles. The van der Waals surface area contributed by atoms with E-state index in [-0.39, 0.29) is 11.3 Å². The third-order valence-electron chi connectivity index (χ3n) is 7.20. The smallest absolute Gasteiger partial charge is 0.269 e. The normalized spacial score (nSPS) is 11.9. The van der Waals surface area contributed by atoms with Crippen LogP contribution in [0.25, 0.3) is 11.1 Å². The van der Waals surface area contributed by atoms with Gasteiger partial charge in [-0.3, -0.25) is 19.6 Å². The molecule has 0 aliphatic rings. The van der Waals surface area contributed by atoms with Crippen molar-refractivity contribution in [2.75, 3.05) is 0 Å². The van der Waals surface area contributed by atoms with Crippen LogP contribution in [0.4, 0.5) is 0 Å². The summed E-state index contributed by atoms with van der Waals surface area (Å²) in [5, 5.41) is 12.1. The van der Waals surface area contributed by atoms with Crippen molar-refractivity contribution in [2.45, 2.75) is 63.4 Å². The van der Waals surface area contributed by atoms with E-state index in [0.29, 0.717) is 36.2 Å². The minimum Gasteiger partial charge on any atom is -0.347 e. The van der Waals surface area contributed by atoms with Crippen LogP contribution in [0.15, 0.2) is 90.0 Å². The summed E-state index contributed by atoms with van der Waals surface area (Å²) in [7, 11) is -4.05. The van der Waals surface area contributed by atoms with Gasteiger partial charge in [0, 0.05) is 37.9 Å². The first-order chi connectivity index (χ1) is 21.6. The number of benzene rings is 3. The fourth-order valence-electron chi connectivity index (χ4n) is 5.06. The second-order valence-corrected chi connectivity index (χ2v) is 12.4. The summed E-state index contributed by atoms with van der Waals surface area (Å²) in [4.78, 5) is 41.7. The second-order valence-electron chi connectivity index (χ2n) is 10.7. The van der Waals surface area contributed by atoms with Crippen molar-refractivity contribution in [3.05, 3.63) is 108 Å². The van der Waals surface area contributed by atoms with Crippen molar-refractivity contribution in [1.29, 1.82) is 0 Å². The maximum atomic E-state index is 13.6. The van der Waals surface area contributed by atoms with Gasteiger partial charge in [-0.15, -0.1) is 0 Å². The van der Waals surface area contributed by atoms with E-state index in [1.54, 1.807) is 35.8 Å². The molecule has 3 amide bonds. The van der Waals surface area contributed by atoms with Crippen molar-refractivity contribution in [2.24, 2.45) is 0 Å². The molecule has 12 heteroatoms. The average molecular weight is 632 g/mol. The summed E-state index contributed by atoms with van der Waals surface area (Å²) >= 11 is 0. The lowest BCUT2D eigenvalue weighted by Gasteiger charge is -2.19. The van der Waals surface area contributed by atoms with E-state index in [1.807, 2.05) is 51.8 Å². The Morgan fingerprint density at radius 1 is 0.933 bits per heavy atom. The third kappa shape index (κ3) is 8.87. The Morgan fingerprint density at radius 2 is 1.62 bits per heavy atom. The van der Waals surface area contributed by atoms with E-state index in [1.165, 1.54) is 12.3 Å². The zero-order chi connectivity index (χ0) is 32.4. The number of hydrogen-bond acceptors (Lipinski definition) is 7. The molecule has 4 rings (SSSR count). The maximum Gasteiger partial charge on any atom is 0.269 e. The minimum atomic E-state index is -4.05. The SMILES string of the molecule is CCCCc1ncc(C(=O)N[C@@H](CC(=O)NO)Cc2ccccc2)n1Cc1ccc(-c2ccccc2S(=O)(=O)NC(C)=O)cc1. The van der Waals surface area contributed by atoms with Crippen LogP contribution in [-0.2, 0) is 39.0 Å². The Balaban J connectivity index is 1.60. The van der Waals surface area contributed by atoms with Gasteiger partial charge in [-0.25, -0.2) is 23.6 Å². The zero-order valence-electron chi connectivity index (χ0n) is 25.2. The number of carbonyl (C=O) groups is 3. The first kappa shape index (κ1) is 33.1. The van der Waals surface area contributed by atoms with Gasteiger partial charge in [-0.2, -0.15) is 0 Å². The van der Waals surface area contributed by atoms with Crippen molar-refractivity contribution in [1.82, 2.24) is 25.1 Å². The number of hydroxylamine groups is 1. The molecule has 1 atom stereocenters. The number of amides is 3. The van der Waals surface area contributed by atoms with Crippen LogP contribution >= 0.6 is 0 Å². The van der Waals surface area contributed by atoms with Crippen LogP contribution in [0.3, 0.4) is 0 Å². The van der Waals surface area contributed by atoms with Crippen molar-refractivity contribution >= 4 is 27.7 Å². The molecule has 0 fully saturated rings. The van der Waals surface area contributed by atoms with E-state index in [0.717, 1.165) is 36.7 Å². The lowest BCUT2D eigenvalue weighted by Crippen LogP contribution is -2.41. The van der Waals surface area contributed by atoms with Crippen LogP contribution in [-0.4, -0.2) is 46.9 Å². The lowest BCUT2D eigenvalue weighted by atomic mass is 10.0. The number of aromatic nitrogens is 2. The number of rotatable bonds is 14. The van der Waals surface area contributed by atoms with Crippen LogP contribution < -0.4 is 15.5 Å². The van der Waals surface area contributed by atoms with Crippen molar-refractivity contribution < 1.29 is 28.0 Å². The van der Waals surface area contributed by atoms with Gasteiger partial charge in [0.2, 0.25) is 11.8 Å². The molecule has 0 saturated carbocycles. The van der Waals surface area contributed by atoms with Crippen LogP contribution in [0.2, 0.25) is 0 Å². The summed E-state index contributed by atoms with van der Waals surface area (Å²) in [6.45, 7) is 3.54. The highest BCUT2D eigenvalue weighted by molar-refractivity contribution is 7.90. The third-order valence-corrected chi connectivity index (χ3v) is 8.69. The largest absolute Gasteiger partial charge is 0.347 e. The van der Waals surface area contributed by atoms with E-state index >= 15 is 0 Å². The quantitative estimate of drug-likeness (QED) is 0.121. The van der Waals surface area contributed by atoms with Gasteiger partial charge in [0.05, 0.1) is 11.1 Å². The molecule has 11 nitrogen and oxygen atoms in total. The van der Waals surface area contributed by atoms with Gasteiger partial charge in [0.1, 0.15) is 11.5 Å². The molecule has 3 aromatic carbocycles. The maximum absolute atomic E-state index is 13.6. The lowest BCUT2D eigenvalue weighted by molar-refractivity contribution is -0.129. The number of hydrogen-bond donors (Lipinski definition) is 4. The molecule has 0 spiro atoms. The molecule has 0 radical (unpaired) electrons. The zero-order valence-corrected chi connectivity index (χ0v) is 26.0. The highest BCUT2D eigenvalue weighted by Gasteiger charge is 2.23. The molecular formula is C33H37N5O6S. The molecule has 0 unspecified atom stereocenters. The summed E-state index contributed by atoms with van der Waals surface area (Å²) < 4.78 is 29.4. The van der Waals surface area contributed by atoms with Gasteiger partial charge in [0.25, 0.3) is 15.9 Å². The van der Waals surface area contributed by atoms with Gasteiger partial charge in [0.15, 0.2) is 0 Å². The Bertz CT molecular complexity index is 1740. The predicted octanol–water partition coefficient (Wildman–Crippen LogP) is 4.00. The van der Waals surface area contributed by atoms with Crippen molar-refractivity contribution in [3.63, 3.8) is 0 Å². The fourth-order valence-corrected chi connectivity index (χ4v) is 6.29. The molecule has 1 aromatic heterocycles. The summed E-state index contributed by atoms with van der Waals surface area (Å²) in [5.41, 5.74) is 4.84. The standard InChI is InChI=1S/C33H37N5O6S/c1-3-4-14-31-34-21-29(33(41)35-27(20-32(40)36-42)19-24-10-6-5-7-11-24)38(31)22-25-15-17-26(18-16-25)28-12-8-9-13-30(28)45(43,44)37-23(2)39/h5-13,15-18,21,27,42H,3-4,14,19-20,22H2,1-2H3,(H,35,41)(H,36,40)(H,37,39)/t27-/m1/s1. The molecule has 4 aromatic rings. The fraction of sp³-hybridized carbons (Fsp3) is 0.273. The van der Waals surface area contributed by atoms with E-state index in [2.05, 4.69) is 17.2 Å². The summed E-state index contributed by atoms with van der Waals surface area (Å²) in [5.74, 6) is -0.946. The van der Waals surface area contributed by atoms with E-state index < -0.39 is 33.8 Å². The summed E-state index contributed by atoms with van der Waals surface area (Å²) in [6.07, 6.45) is 4.29. The first-order valence-corrected chi connectivity index (χ1v) is 16.1. The van der Waals surface area contributed by atoms with E-state index in [9.17, 15) is 22.8 Å². The number of aryl methyl sites for hydroxylation is 1. The van der Waals surface area contributed by atoms with Crippen LogP contribution in [0.1, 0.15) is 60.5 Å². The Labute approximate surface area is 262 Å². The topological polar surface area (TPSA) is 159 Å². The predicted molar refractivity (Wildman–Crippen MR) is 169 cm³/mol. The monoisotopic (exact) mass is 631 g/mol.